The van der Waals surface area contributed by atoms with Crippen LogP contribution >= 0.6 is 0 Å². The first kappa shape index (κ1) is 26.9. The van der Waals surface area contributed by atoms with E-state index in [-0.39, 0.29) is 18.1 Å². The Labute approximate surface area is 214 Å². The Balaban J connectivity index is 1.68. The number of aryl methyl sites for hydroxylation is 1. The van der Waals surface area contributed by atoms with Crippen LogP contribution in [0.25, 0.3) is 0 Å². The van der Waals surface area contributed by atoms with Crippen molar-refractivity contribution in [1.29, 1.82) is 0 Å². The van der Waals surface area contributed by atoms with Crippen molar-refractivity contribution in [3.8, 4) is 5.75 Å². The molecule has 0 unspecified atom stereocenters. The third kappa shape index (κ3) is 6.40. The highest BCUT2D eigenvalue weighted by atomic mass is 32.2. The summed E-state index contributed by atoms with van der Waals surface area (Å²) in [4.78, 5) is 8.17. The summed E-state index contributed by atoms with van der Waals surface area (Å²) in [5.74, 6) is 0.0613. The van der Waals surface area contributed by atoms with Gasteiger partial charge in [0.1, 0.15) is 5.75 Å². The third-order valence-corrected chi connectivity index (χ3v) is 7.05. The second-order valence-corrected chi connectivity index (χ2v) is 11.0. The van der Waals surface area contributed by atoms with E-state index in [2.05, 4.69) is 26.9 Å². The average molecular weight is 535 g/mol. The number of nitrogens with one attached hydrogen (secondary N) is 2. The van der Waals surface area contributed by atoms with Crippen LogP contribution in [0.1, 0.15) is 47.3 Å². The van der Waals surface area contributed by atoms with Crippen molar-refractivity contribution in [2.75, 3.05) is 18.7 Å². The maximum atomic E-state index is 13.9. The van der Waals surface area contributed by atoms with Crippen molar-refractivity contribution in [3.05, 3.63) is 76.6 Å². The molecule has 0 spiro atoms. The maximum absolute atomic E-state index is 13.9. The number of benzene rings is 2. The molecule has 0 fully saturated rings. The molecule has 0 bridgehead atoms. The molecule has 1 aromatic heterocycles. The lowest BCUT2D eigenvalue weighted by Crippen LogP contribution is -2.32. The minimum atomic E-state index is -4.67. The molecule has 0 aliphatic heterocycles. The Bertz CT molecular complexity index is 1380. The molecule has 2 N–H and O–H groups in total. The summed E-state index contributed by atoms with van der Waals surface area (Å²) >= 11 is 0. The summed E-state index contributed by atoms with van der Waals surface area (Å²) in [5, 5.41) is 2.98. The summed E-state index contributed by atoms with van der Waals surface area (Å²) in [7, 11) is -2.09. The molecule has 3 aromatic rings. The lowest BCUT2D eigenvalue weighted by atomic mass is 9.94. The SMILES string of the molecule is CCCc1ccc(Nc2ncc(C(F)(F)F)c(C[C@@H]3Cc4ccccc4[C@H]3NS(C)(=O)=O)n2)c(OC)c1. The fourth-order valence-corrected chi connectivity index (χ4v) is 5.56. The van der Waals surface area contributed by atoms with Crippen molar-refractivity contribution in [2.24, 2.45) is 5.92 Å². The van der Waals surface area contributed by atoms with Gasteiger partial charge in [-0.3, -0.25) is 0 Å². The summed E-state index contributed by atoms with van der Waals surface area (Å²) in [6.07, 6.45) is -0.716. The molecule has 0 amide bonds. The van der Waals surface area contributed by atoms with Gasteiger partial charge in [-0.1, -0.05) is 43.7 Å². The van der Waals surface area contributed by atoms with Crippen LogP contribution in [0, 0.1) is 5.92 Å². The number of rotatable bonds is 9. The van der Waals surface area contributed by atoms with Crippen LogP contribution in [-0.2, 0) is 35.5 Å². The Kier molecular flexibility index (Phi) is 7.75. The number of fused-ring (bicyclic) bond motifs is 1. The van der Waals surface area contributed by atoms with Crippen LogP contribution in [0.15, 0.2) is 48.7 Å². The molecule has 198 valence electrons. The van der Waals surface area contributed by atoms with Gasteiger partial charge in [-0.2, -0.15) is 13.2 Å². The standard InChI is InChI=1S/C26H29F3N4O3S/c1-4-7-16-10-11-21(23(12-16)36-2)31-25-30-15-20(26(27,28)29)22(32-25)14-18-13-17-8-5-6-9-19(17)24(18)33-37(3,34)35/h5-6,8-12,15,18,24,33H,4,7,13-14H2,1-3H3,(H,30,31,32)/t18-,24-/m0/s1. The summed E-state index contributed by atoms with van der Waals surface area (Å²) in [6.45, 7) is 2.06. The molecule has 37 heavy (non-hydrogen) atoms. The van der Waals surface area contributed by atoms with E-state index in [1.807, 2.05) is 24.3 Å². The fraction of sp³-hybridized carbons (Fsp3) is 0.385. The lowest BCUT2D eigenvalue weighted by Gasteiger charge is -2.22. The summed E-state index contributed by atoms with van der Waals surface area (Å²) in [6, 6.07) is 12.2. The molecule has 2 aromatic carbocycles. The number of hydrogen-bond donors (Lipinski definition) is 2. The van der Waals surface area contributed by atoms with Gasteiger partial charge in [0.2, 0.25) is 16.0 Å². The van der Waals surface area contributed by atoms with E-state index in [1.54, 1.807) is 18.2 Å². The molecule has 0 saturated heterocycles. The molecule has 0 radical (unpaired) electrons. The number of hydrogen-bond acceptors (Lipinski definition) is 6. The number of sulfonamides is 1. The Morgan fingerprint density at radius 2 is 1.92 bits per heavy atom. The molecule has 1 heterocycles. The van der Waals surface area contributed by atoms with Gasteiger partial charge in [-0.05, 0) is 54.0 Å². The Morgan fingerprint density at radius 3 is 2.59 bits per heavy atom. The number of ether oxygens (including phenoxy) is 1. The highest BCUT2D eigenvalue weighted by Gasteiger charge is 2.39. The molecule has 0 saturated carbocycles. The summed E-state index contributed by atoms with van der Waals surface area (Å²) < 4.78 is 73.9. The Morgan fingerprint density at radius 1 is 1.16 bits per heavy atom. The van der Waals surface area contributed by atoms with Crippen molar-refractivity contribution < 1.29 is 26.3 Å². The quantitative estimate of drug-likeness (QED) is 0.392. The molecule has 4 rings (SSSR count). The molecular weight excluding hydrogens is 505 g/mol. The predicted molar refractivity (Wildman–Crippen MR) is 135 cm³/mol. The summed E-state index contributed by atoms with van der Waals surface area (Å²) in [5.41, 5.74) is 2.10. The van der Waals surface area contributed by atoms with Gasteiger partial charge in [0.25, 0.3) is 0 Å². The zero-order chi connectivity index (χ0) is 26.8. The van der Waals surface area contributed by atoms with Crippen molar-refractivity contribution in [3.63, 3.8) is 0 Å². The van der Waals surface area contributed by atoms with Crippen LogP contribution in [0.2, 0.25) is 0 Å². The van der Waals surface area contributed by atoms with E-state index in [0.29, 0.717) is 17.9 Å². The van der Waals surface area contributed by atoms with Crippen molar-refractivity contribution >= 4 is 21.7 Å². The van der Waals surface area contributed by atoms with Gasteiger partial charge < -0.3 is 10.1 Å². The van der Waals surface area contributed by atoms with Crippen LogP contribution < -0.4 is 14.8 Å². The average Bonchev–Trinajstić information content (AvgIpc) is 3.15. The zero-order valence-corrected chi connectivity index (χ0v) is 21.6. The number of anilines is 2. The van der Waals surface area contributed by atoms with Gasteiger partial charge in [-0.25, -0.2) is 23.1 Å². The molecule has 11 heteroatoms. The van der Waals surface area contributed by atoms with Gasteiger partial charge in [-0.15, -0.1) is 0 Å². The number of halogens is 3. The number of nitrogens with zero attached hydrogens (tertiary/aromatic N) is 2. The highest BCUT2D eigenvalue weighted by molar-refractivity contribution is 7.88. The lowest BCUT2D eigenvalue weighted by molar-refractivity contribution is -0.138. The second-order valence-electron chi connectivity index (χ2n) is 9.20. The maximum Gasteiger partial charge on any atom is 0.419 e. The minimum absolute atomic E-state index is 0.00678. The third-order valence-electron chi connectivity index (χ3n) is 6.36. The predicted octanol–water partition coefficient (Wildman–Crippen LogP) is 5.21. The first-order chi connectivity index (χ1) is 17.5. The zero-order valence-electron chi connectivity index (χ0n) is 20.8. The number of methoxy groups -OCH3 is 1. The molecule has 7 nitrogen and oxygen atoms in total. The van der Waals surface area contributed by atoms with Crippen molar-refractivity contribution in [1.82, 2.24) is 14.7 Å². The molecule has 1 aliphatic rings. The van der Waals surface area contributed by atoms with Crippen LogP contribution in [-0.4, -0.2) is 31.8 Å². The van der Waals surface area contributed by atoms with E-state index in [0.717, 1.165) is 42.0 Å². The van der Waals surface area contributed by atoms with Crippen LogP contribution in [0.3, 0.4) is 0 Å². The van der Waals surface area contributed by atoms with Gasteiger partial charge in [0, 0.05) is 6.20 Å². The van der Waals surface area contributed by atoms with Crippen molar-refractivity contribution in [2.45, 2.75) is 44.8 Å². The second kappa shape index (κ2) is 10.7. The largest absolute Gasteiger partial charge is 0.495 e. The van der Waals surface area contributed by atoms with Crippen LogP contribution in [0.4, 0.5) is 24.8 Å². The smallest absolute Gasteiger partial charge is 0.419 e. The van der Waals surface area contributed by atoms with Gasteiger partial charge in [0.05, 0.1) is 36.4 Å². The van der Waals surface area contributed by atoms with E-state index < -0.39 is 33.7 Å². The van der Waals surface area contributed by atoms with Crippen LogP contribution in [0.5, 0.6) is 5.75 Å². The molecular formula is C26H29F3N4O3S. The normalized spacial score (nSPS) is 17.5. The first-order valence-corrected chi connectivity index (χ1v) is 13.8. The van der Waals surface area contributed by atoms with Gasteiger partial charge in [0.15, 0.2) is 0 Å². The van der Waals surface area contributed by atoms with Gasteiger partial charge >= 0.3 is 6.18 Å². The Hall–Kier alpha value is -3.18. The number of aromatic nitrogens is 2. The highest BCUT2D eigenvalue weighted by Crippen LogP contribution is 2.40. The number of alkyl halides is 3. The molecule has 2 atom stereocenters. The monoisotopic (exact) mass is 534 g/mol. The van der Waals surface area contributed by atoms with E-state index in [1.165, 1.54) is 7.11 Å². The first-order valence-electron chi connectivity index (χ1n) is 11.9. The van der Waals surface area contributed by atoms with E-state index >= 15 is 0 Å². The fourth-order valence-electron chi connectivity index (χ4n) is 4.78. The van der Waals surface area contributed by atoms with E-state index in [9.17, 15) is 21.6 Å². The molecule has 1 aliphatic carbocycles. The minimum Gasteiger partial charge on any atom is -0.495 e. The van der Waals surface area contributed by atoms with E-state index in [4.69, 9.17) is 4.74 Å². The topological polar surface area (TPSA) is 93.2 Å².